The van der Waals surface area contributed by atoms with Gasteiger partial charge in [-0.1, -0.05) is 29.8 Å². The standard InChI is InChI=1S/C28H34ClN5O3/c1-37-14-6-13-34-25-11-3-2-10-24(25)31-26(34)20-8-5-12-32(16-20)28(36)22-17-33(18-23(22)30)27(35)19-7-4-9-21(29)15-19/h2-4,7,9-11,15,20,22-23H,5-6,8,12-14,16-18,30H2,1H3/t20-,22-,23-/m1/s1. The minimum atomic E-state index is -0.414. The van der Waals surface area contributed by atoms with Crippen LogP contribution in [0.25, 0.3) is 11.0 Å². The maximum absolute atomic E-state index is 13.7. The quantitative estimate of drug-likeness (QED) is 0.478. The number of amides is 2. The van der Waals surface area contributed by atoms with Gasteiger partial charge in [-0.2, -0.15) is 0 Å². The summed E-state index contributed by atoms with van der Waals surface area (Å²) in [5.41, 5.74) is 9.02. The Morgan fingerprint density at radius 3 is 2.76 bits per heavy atom. The molecule has 0 radical (unpaired) electrons. The Morgan fingerprint density at radius 1 is 1.11 bits per heavy atom. The van der Waals surface area contributed by atoms with Gasteiger partial charge in [0.05, 0.1) is 17.0 Å². The number of imidazole rings is 1. The smallest absolute Gasteiger partial charge is 0.253 e. The number of carbonyl (C=O) groups is 2. The van der Waals surface area contributed by atoms with Crippen LogP contribution in [0.4, 0.5) is 0 Å². The number of likely N-dealkylation sites (tertiary alicyclic amines) is 2. The zero-order chi connectivity index (χ0) is 25.9. The number of benzene rings is 2. The number of nitrogens with two attached hydrogens (primary N) is 1. The van der Waals surface area contributed by atoms with Crippen molar-refractivity contribution in [1.82, 2.24) is 19.4 Å². The number of aryl methyl sites for hydroxylation is 1. The average molecular weight is 524 g/mol. The Hall–Kier alpha value is -2.94. The van der Waals surface area contributed by atoms with Crippen LogP contribution in [0.1, 0.15) is 41.4 Å². The largest absolute Gasteiger partial charge is 0.385 e. The van der Waals surface area contributed by atoms with Crippen LogP contribution in [0, 0.1) is 5.92 Å². The lowest BCUT2D eigenvalue weighted by Gasteiger charge is -2.35. The third-order valence-corrected chi connectivity index (χ3v) is 7.79. The van der Waals surface area contributed by atoms with E-state index in [9.17, 15) is 9.59 Å². The highest BCUT2D eigenvalue weighted by molar-refractivity contribution is 6.30. The molecule has 2 N–H and O–H groups in total. The molecule has 0 aliphatic carbocycles. The number of ether oxygens (including phenoxy) is 1. The lowest BCUT2D eigenvalue weighted by Crippen LogP contribution is -2.47. The van der Waals surface area contributed by atoms with Gasteiger partial charge in [-0.05, 0) is 49.6 Å². The van der Waals surface area contributed by atoms with Crippen molar-refractivity contribution in [2.75, 3.05) is 39.9 Å². The van der Waals surface area contributed by atoms with Crippen molar-refractivity contribution in [3.8, 4) is 0 Å². The van der Waals surface area contributed by atoms with Gasteiger partial charge in [-0.25, -0.2) is 4.98 Å². The fourth-order valence-electron chi connectivity index (χ4n) is 5.69. The van der Waals surface area contributed by atoms with Crippen LogP contribution in [-0.2, 0) is 16.1 Å². The SMILES string of the molecule is COCCCn1c([C@@H]2CCCN(C(=O)[C@@H]3CN(C(=O)c4cccc(Cl)c4)C[C@H]3N)C2)nc2ccccc21. The molecule has 9 heteroatoms. The molecule has 2 amide bonds. The topological polar surface area (TPSA) is 93.7 Å². The Kier molecular flexibility index (Phi) is 7.79. The molecule has 8 nitrogen and oxygen atoms in total. The first-order valence-corrected chi connectivity index (χ1v) is 13.4. The second-order valence-corrected chi connectivity index (χ2v) is 10.5. The molecule has 2 aliphatic heterocycles. The van der Waals surface area contributed by atoms with Crippen LogP contribution in [0.2, 0.25) is 5.02 Å². The number of aromatic nitrogens is 2. The number of hydrogen-bond acceptors (Lipinski definition) is 5. The molecule has 3 heterocycles. The Morgan fingerprint density at radius 2 is 1.95 bits per heavy atom. The number of fused-ring (bicyclic) bond motifs is 1. The first-order valence-electron chi connectivity index (χ1n) is 13.0. The van der Waals surface area contributed by atoms with E-state index >= 15 is 0 Å². The highest BCUT2D eigenvalue weighted by atomic mass is 35.5. The molecule has 2 fully saturated rings. The van der Waals surface area contributed by atoms with Crippen LogP contribution < -0.4 is 5.73 Å². The molecule has 3 aromatic rings. The maximum atomic E-state index is 13.7. The van der Waals surface area contributed by atoms with Gasteiger partial charge in [0.25, 0.3) is 5.91 Å². The molecule has 2 aromatic carbocycles. The van der Waals surface area contributed by atoms with Gasteiger partial charge in [-0.15, -0.1) is 0 Å². The molecule has 5 rings (SSSR count). The van der Waals surface area contributed by atoms with Crippen molar-refractivity contribution in [2.45, 2.75) is 37.8 Å². The minimum absolute atomic E-state index is 0.0284. The van der Waals surface area contributed by atoms with Gasteiger partial charge in [0.15, 0.2) is 0 Å². The summed E-state index contributed by atoms with van der Waals surface area (Å²) in [7, 11) is 1.72. The molecule has 0 spiro atoms. The number of rotatable bonds is 7. The highest BCUT2D eigenvalue weighted by Crippen LogP contribution is 2.31. The van der Waals surface area contributed by atoms with E-state index in [-0.39, 0.29) is 17.7 Å². The summed E-state index contributed by atoms with van der Waals surface area (Å²) in [4.78, 5) is 35.3. The zero-order valence-electron chi connectivity index (χ0n) is 21.2. The van der Waals surface area contributed by atoms with E-state index in [1.54, 1.807) is 36.3 Å². The van der Waals surface area contributed by atoms with Gasteiger partial charge >= 0.3 is 0 Å². The molecular formula is C28H34ClN5O3. The Bertz CT molecular complexity index is 1280. The van der Waals surface area contributed by atoms with E-state index in [4.69, 9.17) is 27.1 Å². The van der Waals surface area contributed by atoms with Crippen molar-refractivity contribution in [1.29, 1.82) is 0 Å². The van der Waals surface area contributed by atoms with E-state index in [2.05, 4.69) is 10.6 Å². The van der Waals surface area contributed by atoms with Gasteiger partial charge in [0.2, 0.25) is 5.91 Å². The summed E-state index contributed by atoms with van der Waals surface area (Å²) in [6.45, 7) is 3.49. The van der Waals surface area contributed by atoms with Crippen LogP contribution in [0.5, 0.6) is 0 Å². The molecular weight excluding hydrogens is 490 g/mol. The third kappa shape index (κ3) is 5.37. The molecule has 0 unspecified atom stereocenters. The highest BCUT2D eigenvalue weighted by Gasteiger charge is 2.41. The van der Waals surface area contributed by atoms with Crippen LogP contribution >= 0.6 is 11.6 Å². The molecule has 196 valence electrons. The van der Waals surface area contributed by atoms with Crippen LogP contribution in [0.3, 0.4) is 0 Å². The van der Waals surface area contributed by atoms with E-state index < -0.39 is 12.0 Å². The van der Waals surface area contributed by atoms with E-state index in [1.807, 2.05) is 23.1 Å². The fourth-order valence-corrected chi connectivity index (χ4v) is 5.88. The van der Waals surface area contributed by atoms with Gasteiger partial charge in [0, 0.05) is 69.0 Å². The van der Waals surface area contributed by atoms with Crippen molar-refractivity contribution >= 4 is 34.4 Å². The second kappa shape index (κ2) is 11.2. The molecule has 1 aromatic heterocycles. The fraction of sp³-hybridized carbons (Fsp3) is 0.464. The molecule has 3 atom stereocenters. The monoisotopic (exact) mass is 523 g/mol. The second-order valence-electron chi connectivity index (χ2n) is 10.1. The number of nitrogens with zero attached hydrogens (tertiary/aromatic N) is 4. The number of carbonyl (C=O) groups excluding carboxylic acids is 2. The number of methoxy groups -OCH3 is 1. The summed E-state index contributed by atoms with van der Waals surface area (Å²) in [6, 6.07) is 14.7. The van der Waals surface area contributed by atoms with E-state index in [0.29, 0.717) is 43.4 Å². The first kappa shape index (κ1) is 25.7. The molecule has 37 heavy (non-hydrogen) atoms. The molecule has 2 aliphatic rings. The first-order chi connectivity index (χ1) is 18.0. The van der Waals surface area contributed by atoms with Crippen LogP contribution in [0.15, 0.2) is 48.5 Å². The number of para-hydroxylation sites is 2. The Balaban J connectivity index is 1.30. The molecule has 0 bridgehead atoms. The third-order valence-electron chi connectivity index (χ3n) is 7.55. The average Bonchev–Trinajstić information content (AvgIpc) is 3.49. The summed E-state index contributed by atoms with van der Waals surface area (Å²) in [5.74, 6) is 0.648. The van der Waals surface area contributed by atoms with E-state index in [1.165, 1.54) is 0 Å². The van der Waals surface area contributed by atoms with Gasteiger partial charge in [-0.3, -0.25) is 9.59 Å². The van der Waals surface area contributed by atoms with Crippen molar-refractivity contribution in [2.24, 2.45) is 11.7 Å². The summed E-state index contributed by atoms with van der Waals surface area (Å²) < 4.78 is 7.57. The van der Waals surface area contributed by atoms with Gasteiger partial charge < -0.3 is 24.8 Å². The number of hydrogen-bond donors (Lipinski definition) is 1. The zero-order valence-corrected chi connectivity index (χ0v) is 21.9. The predicted molar refractivity (Wildman–Crippen MR) is 144 cm³/mol. The minimum Gasteiger partial charge on any atom is -0.385 e. The van der Waals surface area contributed by atoms with Crippen molar-refractivity contribution in [3.63, 3.8) is 0 Å². The number of piperidine rings is 1. The van der Waals surface area contributed by atoms with Gasteiger partial charge in [0.1, 0.15) is 5.82 Å². The maximum Gasteiger partial charge on any atom is 0.253 e. The van der Waals surface area contributed by atoms with Crippen molar-refractivity contribution < 1.29 is 14.3 Å². The molecule has 2 saturated heterocycles. The normalized spacial score (nSPS) is 22.1. The lowest BCUT2D eigenvalue weighted by molar-refractivity contribution is -0.136. The number of halogens is 1. The summed E-state index contributed by atoms with van der Waals surface area (Å²) in [5, 5.41) is 0.509. The van der Waals surface area contributed by atoms with Crippen LogP contribution in [-0.4, -0.2) is 77.1 Å². The molecule has 0 saturated carbocycles. The lowest BCUT2D eigenvalue weighted by atomic mass is 9.94. The van der Waals surface area contributed by atoms with E-state index in [0.717, 1.165) is 42.7 Å². The summed E-state index contributed by atoms with van der Waals surface area (Å²) in [6.07, 6.45) is 2.78. The summed E-state index contributed by atoms with van der Waals surface area (Å²) >= 11 is 6.07. The van der Waals surface area contributed by atoms with Crippen molar-refractivity contribution in [3.05, 3.63) is 64.9 Å². The predicted octanol–water partition coefficient (Wildman–Crippen LogP) is 3.53. The Labute approximate surface area is 222 Å².